The third kappa shape index (κ3) is 7.19. The van der Waals surface area contributed by atoms with E-state index in [0.29, 0.717) is 11.3 Å². The Morgan fingerprint density at radius 2 is 1.86 bits per heavy atom. The van der Waals surface area contributed by atoms with Gasteiger partial charge in [0.25, 0.3) is 0 Å². The van der Waals surface area contributed by atoms with E-state index in [2.05, 4.69) is 25.3 Å². The molecule has 0 saturated carbocycles. The summed E-state index contributed by atoms with van der Waals surface area (Å²) in [6.07, 6.45) is 0.644. The Kier molecular flexibility index (Phi) is 7.55. The number of hydrogen-bond acceptors (Lipinski definition) is 5. The fourth-order valence-electron chi connectivity index (χ4n) is 4.05. The van der Waals surface area contributed by atoms with Gasteiger partial charge in [-0.15, -0.1) is 13.2 Å². The van der Waals surface area contributed by atoms with Gasteiger partial charge in [0.05, 0.1) is 5.52 Å². The number of amides is 1. The highest BCUT2D eigenvalue weighted by Crippen LogP contribution is 2.25. The Morgan fingerprint density at radius 3 is 2.57 bits per heavy atom. The van der Waals surface area contributed by atoms with E-state index in [0.717, 1.165) is 35.4 Å². The number of aryl methyl sites for hydroxylation is 1. The van der Waals surface area contributed by atoms with Crippen LogP contribution in [0.1, 0.15) is 24.0 Å². The number of hydrogen-bond donors (Lipinski definition) is 2. The highest BCUT2D eigenvalue weighted by Gasteiger charge is 2.30. The van der Waals surface area contributed by atoms with Crippen LogP contribution in [0.5, 0.6) is 5.75 Å². The van der Waals surface area contributed by atoms with Crippen LogP contribution in [0, 0.1) is 6.92 Å². The standard InChI is InChI=1S/C26H27F3N4O2/c1-18-16-24(30-12-15-33-13-2-3-14-33)32-23-10-7-20(17-22(18)23)31-25(34)11-6-19-4-8-21(9-5-19)35-26(27,28)29/h4-11,16-17H,2-3,12-15H2,1H3,(H,30,32)(H,31,34)/b11-6+. The summed E-state index contributed by atoms with van der Waals surface area (Å²) in [7, 11) is 0. The number of fused-ring (bicyclic) bond motifs is 1. The molecule has 2 N–H and O–H groups in total. The van der Waals surface area contributed by atoms with Crippen LogP contribution >= 0.6 is 0 Å². The number of aromatic nitrogens is 1. The van der Waals surface area contributed by atoms with Crippen LogP contribution in [-0.2, 0) is 4.79 Å². The van der Waals surface area contributed by atoms with Gasteiger partial charge in [0.15, 0.2) is 0 Å². The Labute approximate surface area is 201 Å². The zero-order valence-electron chi connectivity index (χ0n) is 19.4. The number of carbonyl (C=O) groups excluding carboxylic acids is 1. The molecular formula is C26H27F3N4O2. The summed E-state index contributed by atoms with van der Waals surface area (Å²) >= 11 is 0. The average molecular weight is 485 g/mol. The summed E-state index contributed by atoms with van der Waals surface area (Å²) in [5, 5.41) is 7.15. The van der Waals surface area contributed by atoms with Crippen molar-refractivity contribution in [2.75, 3.05) is 36.8 Å². The number of ether oxygens (including phenoxy) is 1. The highest BCUT2D eigenvalue weighted by molar-refractivity contribution is 6.03. The molecule has 3 aromatic rings. The van der Waals surface area contributed by atoms with Crippen LogP contribution in [0.25, 0.3) is 17.0 Å². The molecule has 4 rings (SSSR count). The van der Waals surface area contributed by atoms with Crippen molar-refractivity contribution in [2.24, 2.45) is 0 Å². The number of alkyl halides is 3. The van der Waals surface area contributed by atoms with E-state index < -0.39 is 6.36 Å². The fraction of sp³-hybridized carbons (Fsp3) is 0.308. The summed E-state index contributed by atoms with van der Waals surface area (Å²) in [6.45, 7) is 6.18. The molecule has 1 saturated heterocycles. The topological polar surface area (TPSA) is 66.5 Å². The SMILES string of the molecule is Cc1cc(NCCN2CCCC2)nc2ccc(NC(=O)/C=C/c3ccc(OC(F)(F)F)cc3)cc12. The number of rotatable bonds is 8. The number of benzene rings is 2. The Hall–Kier alpha value is -3.59. The second-order valence-electron chi connectivity index (χ2n) is 8.47. The van der Waals surface area contributed by atoms with Crippen LogP contribution < -0.4 is 15.4 Å². The first-order valence-corrected chi connectivity index (χ1v) is 11.5. The number of nitrogens with zero attached hydrogens (tertiary/aromatic N) is 2. The minimum atomic E-state index is -4.74. The van der Waals surface area contributed by atoms with E-state index >= 15 is 0 Å². The lowest BCUT2D eigenvalue weighted by atomic mass is 10.1. The predicted octanol–water partition coefficient (Wildman–Crippen LogP) is 5.60. The van der Waals surface area contributed by atoms with Gasteiger partial charge in [0.1, 0.15) is 11.6 Å². The van der Waals surface area contributed by atoms with E-state index in [1.165, 1.54) is 62.3 Å². The number of likely N-dealkylation sites (tertiary alicyclic amines) is 1. The van der Waals surface area contributed by atoms with Crippen LogP contribution in [0.3, 0.4) is 0 Å². The molecule has 0 radical (unpaired) electrons. The molecule has 35 heavy (non-hydrogen) atoms. The molecule has 0 spiro atoms. The lowest BCUT2D eigenvalue weighted by Crippen LogP contribution is -2.26. The smallest absolute Gasteiger partial charge is 0.406 e. The molecule has 184 valence electrons. The maximum atomic E-state index is 12.3. The Morgan fingerprint density at radius 1 is 1.11 bits per heavy atom. The van der Waals surface area contributed by atoms with Crippen LogP contribution in [-0.4, -0.2) is 48.3 Å². The van der Waals surface area contributed by atoms with Gasteiger partial charge in [0.2, 0.25) is 5.91 Å². The zero-order chi connectivity index (χ0) is 24.8. The van der Waals surface area contributed by atoms with Gasteiger partial charge in [-0.1, -0.05) is 12.1 Å². The average Bonchev–Trinajstić information content (AvgIpc) is 3.32. The van der Waals surface area contributed by atoms with Crippen molar-refractivity contribution in [1.82, 2.24) is 9.88 Å². The monoisotopic (exact) mass is 484 g/mol. The number of nitrogens with one attached hydrogen (secondary N) is 2. The molecule has 0 bridgehead atoms. The summed E-state index contributed by atoms with van der Waals surface area (Å²) < 4.78 is 40.6. The first kappa shape index (κ1) is 24.5. The van der Waals surface area contributed by atoms with E-state index in [-0.39, 0.29) is 11.7 Å². The maximum absolute atomic E-state index is 12.3. The van der Waals surface area contributed by atoms with E-state index in [4.69, 9.17) is 0 Å². The fourth-order valence-corrected chi connectivity index (χ4v) is 4.05. The van der Waals surface area contributed by atoms with Crippen LogP contribution in [0.15, 0.2) is 54.6 Å². The maximum Gasteiger partial charge on any atom is 0.573 e. The quantitative estimate of drug-likeness (QED) is 0.408. The lowest BCUT2D eigenvalue weighted by Gasteiger charge is -2.15. The minimum Gasteiger partial charge on any atom is -0.406 e. The van der Waals surface area contributed by atoms with E-state index in [1.807, 2.05) is 25.1 Å². The molecule has 1 amide bonds. The van der Waals surface area contributed by atoms with Gasteiger partial charge in [-0.05, 0) is 86.5 Å². The molecule has 2 aromatic carbocycles. The van der Waals surface area contributed by atoms with Crippen LogP contribution in [0.4, 0.5) is 24.7 Å². The second-order valence-corrected chi connectivity index (χ2v) is 8.47. The summed E-state index contributed by atoms with van der Waals surface area (Å²) in [5.74, 6) is 0.163. The molecule has 0 atom stereocenters. The van der Waals surface area contributed by atoms with Gasteiger partial charge in [-0.2, -0.15) is 0 Å². The third-order valence-corrected chi connectivity index (χ3v) is 5.76. The van der Waals surface area contributed by atoms with Crippen molar-refractivity contribution in [2.45, 2.75) is 26.1 Å². The van der Waals surface area contributed by atoms with Crippen LogP contribution in [0.2, 0.25) is 0 Å². The summed E-state index contributed by atoms with van der Waals surface area (Å²) in [6, 6.07) is 12.8. The van der Waals surface area contributed by atoms with Gasteiger partial charge in [0, 0.05) is 30.2 Å². The lowest BCUT2D eigenvalue weighted by molar-refractivity contribution is -0.274. The molecule has 0 unspecified atom stereocenters. The molecule has 0 aliphatic carbocycles. The van der Waals surface area contributed by atoms with Crippen molar-refractivity contribution in [3.63, 3.8) is 0 Å². The van der Waals surface area contributed by atoms with Gasteiger partial charge in [-0.25, -0.2) is 4.98 Å². The normalized spacial score (nSPS) is 14.5. The molecule has 1 aliphatic heterocycles. The first-order chi connectivity index (χ1) is 16.7. The Balaban J connectivity index is 1.35. The molecule has 1 aliphatic rings. The minimum absolute atomic E-state index is 0.316. The molecule has 1 aromatic heterocycles. The second kappa shape index (κ2) is 10.8. The number of carbonyl (C=O) groups is 1. The number of anilines is 2. The predicted molar refractivity (Wildman–Crippen MR) is 131 cm³/mol. The van der Waals surface area contributed by atoms with Gasteiger partial charge < -0.3 is 20.3 Å². The van der Waals surface area contributed by atoms with E-state index in [9.17, 15) is 18.0 Å². The molecular weight excluding hydrogens is 457 g/mol. The Bertz CT molecular complexity index is 1200. The van der Waals surface area contributed by atoms with Crippen molar-refractivity contribution in [3.05, 3.63) is 65.7 Å². The summed E-state index contributed by atoms with van der Waals surface area (Å²) in [4.78, 5) is 19.5. The first-order valence-electron chi connectivity index (χ1n) is 11.5. The number of halogens is 3. The number of pyridine rings is 1. The van der Waals surface area contributed by atoms with Crippen molar-refractivity contribution in [1.29, 1.82) is 0 Å². The molecule has 1 fully saturated rings. The van der Waals surface area contributed by atoms with Gasteiger partial charge >= 0.3 is 6.36 Å². The summed E-state index contributed by atoms with van der Waals surface area (Å²) in [5.41, 5.74) is 3.08. The third-order valence-electron chi connectivity index (χ3n) is 5.76. The zero-order valence-corrected chi connectivity index (χ0v) is 19.4. The highest BCUT2D eigenvalue weighted by atomic mass is 19.4. The molecule has 6 nitrogen and oxygen atoms in total. The largest absolute Gasteiger partial charge is 0.573 e. The molecule has 9 heteroatoms. The van der Waals surface area contributed by atoms with Crippen molar-refractivity contribution >= 4 is 34.4 Å². The van der Waals surface area contributed by atoms with Crippen molar-refractivity contribution in [3.8, 4) is 5.75 Å². The molecule has 2 heterocycles. The van der Waals surface area contributed by atoms with Crippen molar-refractivity contribution < 1.29 is 22.7 Å². The van der Waals surface area contributed by atoms with E-state index in [1.54, 1.807) is 6.07 Å². The van der Waals surface area contributed by atoms with Gasteiger partial charge in [-0.3, -0.25) is 4.79 Å².